The number of oxazole rings is 1. The molecule has 30 heavy (non-hydrogen) atoms. The van der Waals surface area contributed by atoms with Crippen LogP contribution in [0.4, 0.5) is 17.6 Å². The van der Waals surface area contributed by atoms with Crippen molar-refractivity contribution in [2.24, 2.45) is 0 Å². The highest BCUT2D eigenvalue weighted by molar-refractivity contribution is 5.93. The number of hydrogen-bond acceptors (Lipinski definition) is 5. The number of halogens is 4. The van der Waals surface area contributed by atoms with Crippen LogP contribution in [0.5, 0.6) is 0 Å². The molecule has 8 nitrogen and oxygen atoms in total. The zero-order chi connectivity index (χ0) is 21.0. The van der Waals surface area contributed by atoms with Gasteiger partial charge in [0, 0.05) is 37.0 Å². The van der Waals surface area contributed by atoms with Gasteiger partial charge in [0.25, 0.3) is 5.91 Å². The third-order valence-corrected chi connectivity index (χ3v) is 4.92. The van der Waals surface area contributed by atoms with E-state index in [9.17, 15) is 22.4 Å². The first-order valence-electron chi connectivity index (χ1n) is 8.84. The van der Waals surface area contributed by atoms with Gasteiger partial charge in [0.2, 0.25) is 5.89 Å². The van der Waals surface area contributed by atoms with Crippen LogP contribution in [0.1, 0.15) is 40.4 Å². The van der Waals surface area contributed by atoms with Crippen molar-refractivity contribution < 1.29 is 26.8 Å². The third-order valence-electron chi connectivity index (χ3n) is 4.92. The Morgan fingerprint density at radius 2 is 2.13 bits per heavy atom. The first-order valence-corrected chi connectivity index (χ1v) is 8.84. The second-order valence-electron chi connectivity index (χ2n) is 6.64. The number of nitrogens with one attached hydrogen (secondary N) is 1. The number of alkyl halides is 2. The van der Waals surface area contributed by atoms with Gasteiger partial charge in [-0.2, -0.15) is 18.6 Å². The molecule has 0 fully saturated rings. The van der Waals surface area contributed by atoms with Crippen LogP contribution in [0.3, 0.4) is 0 Å². The van der Waals surface area contributed by atoms with Gasteiger partial charge in [0.05, 0.1) is 12.0 Å². The first-order chi connectivity index (χ1) is 14.4. The number of carbonyl (C=O) groups is 1. The Bertz CT molecular complexity index is 1260. The van der Waals surface area contributed by atoms with Crippen LogP contribution in [0.2, 0.25) is 0 Å². The largest absolute Gasteiger partial charge is 0.435 e. The van der Waals surface area contributed by atoms with Crippen LogP contribution >= 0.6 is 0 Å². The lowest BCUT2D eigenvalue weighted by Gasteiger charge is -2.33. The van der Waals surface area contributed by atoms with Crippen molar-refractivity contribution >= 4 is 17.0 Å². The SMILES string of the molecule is O=C(c1ccnn1C(F)F)N1CCc2[nH]cnc2[C@H]1c1nc2cc(F)cc(F)c2o1. The Morgan fingerprint density at radius 1 is 1.30 bits per heavy atom. The second-order valence-corrected chi connectivity index (χ2v) is 6.64. The molecule has 1 amide bonds. The van der Waals surface area contributed by atoms with Gasteiger partial charge in [-0.05, 0) is 6.07 Å². The van der Waals surface area contributed by atoms with Gasteiger partial charge in [0.15, 0.2) is 17.4 Å². The lowest BCUT2D eigenvalue weighted by Crippen LogP contribution is -2.41. The molecule has 1 N–H and O–H groups in total. The van der Waals surface area contributed by atoms with E-state index >= 15 is 0 Å². The number of fused-ring (bicyclic) bond motifs is 2. The molecule has 0 unspecified atom stereocenters. The summed E-state index contributed by atoms with van der Waals surface area (Å²) in [5.41, 5.74) is 0.391. The van der Waals surface area contributed by atoms with E-state index in [0.717, 1.165) is 12.3 Å². The number of benzene rings is 1. The fraction of sp³-hybridized carbons (Fsp3) is 0.222. The van der Waals surface area contributed by atoms with E-state index in [1.54, 1.807) is 0 Å². The smallest absolute Gasteiger partial charge is 0.333 e. The summed E-state index contributed by atoms with van der Waals surface area (Å²) in [6.07, 6.45) is 2.89. The number of aromatic amines is 1. The molecule has 0 aliphatic carbocycles. The van der Waals surface area contributed by atoms with Crippen LogP contribution < -0.4 is 0 Å². The molecule has 12 heteroatoms. The standard InChI is InChI=1S/C18H12F4N6O2/c19-8-5-9(20)15-11(6-8)26-16(30-15)14-13-10(23-7-24-13)2-4-27(14)17(29)12-1-3-25-28(12)18(21)22/h1,3,5-7,14,18H,2,4H2,(H,23,24)/t14-/m0/s1. The molecule has 4 aromatic rings. The Balaban J connectivity index is 1.64. The summed E-state index contributed by atoms with van der Waals surface area (Å²) < 4.78 is 60.0. The molecular weight excluding hydrogens is 408 g/mol. The molecule has 0 saturated carbocycles. The van der Waals surface area contributed by atoms with Gasteiger partial charge in [-0.25, -0.2) is 18.7 Å². The van der Waals surface area contributed by atoms with Crippen LogP contribution in [0.15, 0.2) is 35.1 Å². The Morgan fingerprint density at radius 3 is 2.93 bits per heavy atom. The van der Waals surface area contributed by atoms with Gasteiger partial charge in [0.1, 0.15) is 17.0 Å². The molecule has 154 valence electrons. The monoisotopic (exact) mass is 420 g/mol. The molecule has 0 spiro atoms. The number of H-pyrrole nitrogens is 1. The van der Waals surface area contributed by atoms with Crippen LogP contribution in [-0.2, 0) is 6.42 Å². The minimum absolute atomic E-state index is 0.0739. The third kappa shape index (κ3) is 2.75. The van der Waals surface area contributed by atoms with Crippen molar-refractivity contribution in [3.63, 3.8) is 0 Å². The predicted molar refractivity (Wildman–Crippen MR) is 92.6 cm³/mol. The Kier molecular flexibility index (Phi) is 4.08. The number of imidazole rings is 1. The van der Waals surface area contributed by atoms with E-state index in [1.165, 1.54) is 17.3 Å². The zero-order valence-electron chi connectivity index (χ0n) is 15.0. The highest BCUT2D eigenvalue weighted by Crippen LogP contribution is 2.36. The van der Waals surface area contributed by atoms with Gasteiger partial charge in [-0.15, -0.1) is 0 Å². The molecule has 0 radical (unpaired) electrons. The van der Waals surface area contributed by atoms with Gasteiger partial charge in [-0.1, -0.05) is 0 Å². The Hall–Kier alpha value is -3.70. The molecule has 5 rings (SSSR count). The fourth-order valence-corrected chi connectivity index (χ4v) is 3.63. The molecular formula is C18H12F4N6O2. The molecule has 1 atom stereocenters. The van der Waals surface area contributed by atoms with Crippen molar-refractivity contribution in [3.05, 3.63) is 65.3 Å². The summed E-state index contributed by atoms with van der Waals surface area (Å²) in [5, 5.41) is 3.49. The molecule has 3 aromatic heterocycles. The summed E-state index contributed by atoms with van der Waals surface area (Å²) in [5.74, 6) is -2.65. The molecule has 0 saturated heterocycles. The highest BCUT2D eigenvalue weighted by atomic mass is 19.3. The zero-order valence-corrected chi connectivity index (χ0v) is 15.0. The van der Waals surface area contributed by atoms with E-state index in [4.69, 9.17) is 4.42 Å². The first kappa shape index (κ1) is 18.3. The van der Waals surface area contributed by atoms with Gasteiger partial charge >= 0.3 is 6.55 Å². The second kappa shape index (κ2) is 6.68. The minimum Gasteiger partial charge on any atom is -0.435 e. The fourth-order valence-electron chi connectivity index (χ4n) is 3.63. The minimum atomic E-state index is -3.01. The quantitative estimate of drug-likeness (QED) is 0.514. The van der Waals surface area contributed by atoms with E-state index < -0.39 is 30.1 Å². The van der Waals surface area contributed by atoms with E-state index in [2.05, 4.69) is 20.1 Å². The van der Waals surface area contributed by atoms with Crippen molar-refractivity contribution in [1.29, 1.82) is 0 Å². The number of nitrogens with zero attached hydrogens (tertiary/aromatic N) is 5. The van der Waals surface area contributed by atoms with Crippen LogP contribution in [0.25, 0.3) is 11.1 Å². The normalized spacial score (nSPS) is 16.4. The predicted octanol–water partition coefficient (Wildman–Crippen LogP) is 3.21. The van der Waals surface area contributed by atoms with Crippen molar-refractivity contribution in [2.45, 2.75) is 19.0 Å². The summed E-state index contributed by atoms with van der Waals surface area (Å²) in [4.78, 5) is 25.7. The number of rotatable bonds is 3. The van der Waals surface area contributed by atoms with Crippen LogP contribution in [-0.4, -0.2) is 42.1 Å². The maximum Gasteiger partial charge on any atom is 0.333 e. The van der Waals surface area contributed by atoms with Gasteiger partial charge < -0.3 is 14.3 Å². The average Bonchev–Trinajstić information content (AvgIpc) is 3.44. The molecule has 1 aliphatic rings. The molecule has 1 aromatic carbocycles. The van der Waals surface area contributed by atoms with Gasteiger partial charge in [-0.3, -0.25) is 4.79 Å². The van der Waals surface area contributed by atoms with Crippen molar-refractivity contribution in [1.82, 2.24) is 29.6 Å². The summed E-state index contributed by atoms with van der Waals surface area (Å²) in [6.45, 7) is -2.88. The molecule has 0 bridgehead atoms. The number of aromatic nitrogens is 5. The van der Waals surface area contributed by atoms with E-state index in [0.29, 0.717) is 28.6 Å². The van der Waals surface area contributed by atoms with Crippen LogP contribution in [0, 0.1) is 11.6 Å². The summed E-state index contributed by atoms with van der Waals surface area (Å²) >= 11 is 0. The highest BCUT2D eigenvalue weighted by Gasteiger charge is 2.39. The van der Waals surface area contributed by atoms with E-state index in [-0.39, 0.29) is 29.2 Å². The number of carbonyl (C=O) groups excluding carboxylic acids is 1. The van der Waals surface area contributed by atoms with Crippen molar-refractivity contribution in [3.8, 4) is 0 Å². The maximum absolute atomic E-state index is 14.1. The average molecular weight is 420 g/mol. The number of hydrogen-bond donors (Lipinski definition) is 1. The van der Waals surface area contributed by atoms with E-state index in [1.807, 2.05) is 0 Å². The molecule has 1 aliphatic heterocycles. The summed E-state index contributed by atoms with van der Waals surface area (Å²) in [6, 6.07) is 1.80. The van der Waals surface area contributed by atoms with Crippen molar-refractivity contribution in [2.75, 3.05) is 6.54 Å². The Labute approximate surface area is 165 Å². The maximum atomic E-state index is 14.1. The lowest BCUT2D eigenvalue weighted by molar-refractivity contribution is 0.0434. The molecule has 4 heterocycles. The summed E-state index contributed by atoms with van der Waals surface area (Å²) in [7, 11) is 0. The number of amides is 1. The topological polar surface area (TPSA) is 92.8 Å². The lowest BCUT2D eigenvalue weighted by atomic mass is 10.0.